The largest absolute Gasteiger partial charge is 0.351 e. The van der Waals surface area contributed by atoms with Crippen molar-refractivity contribution in [3.63, 3.8) is 0 Å². The van der Waals surface area contributed by atoms with Gasteiger partial charge in [0.2, 0.25) is 17.7 Å². The van der Waals surface area contributed by atoms with Crippen LogP contribution in [0.3, 0.4) is 0 Å². The van der Waals surface area contributed by atoms with Crippen molar-refractivity contribution in [3.05, 3.63) is 35.9 Å². The van der Waals surface area contributed by atoms with Crippen LogP contribution in [0.4, 0.5) is 0 Å². The molecule has 3 amide bonds. The Hall–Kier alpha value is -2.41. The van der Waals surface area contributed by atoms with Gasteiger partial charge in [-0.1, -0.05) is 44.2 Å². The summed E-state index contributed by atoms with van der Waals surface area (Å²) in [5, 5.41) is 9.11. The van der Waals surface area contributed by atoms with E-state index in [2.05, 4.69) is 22.9 Å². The van der Waals surface area contributed by atoms with Gasteiger partial charge in [-0.15, -0.1) is 0 Å². The van der Waals surface area contributed by atoms with Crippen molar-refractivity contribution in [2.24, 2.45) is 11.8 Å². The number of nitrogens with one attached hydrogen (secondary N) is 3. The third-order valence-corrected chi connectivity index (χ3v) is 7.48. The fourth-order valence-corrected chi connectivity index (χ4v) is 5.29. The molecular weight excluding hydrogens is 404 g/mol. The van der Waals surface area contributed by atoms with E-state index in [9.17, 15) is 14.4 Å². The van der Waals surface area contributed by atoms with Crippen LogP contribution in [0.2, 0.25) is 0 Å². The van der Waals surface area contributed by atoms with Gasteiger partial charge in [-0.05, 0) is 57.6 Å². The van der Waals surface area contributed by atoms with Gasteiger partial charge < -0.3 is 20.9 Å². The predicted molar refractivity (Wildman–Crippen MR) is 125 cm³/mol. The number of rotatable bonds is 8. The molecule has 1 saturated carbocycles. The quantitative estimate of drug-likeness (QED) is 0.573. The number of hydrogen-bond donors (Lipinski definition) is 3. The molecule has 1 aliphatic heterocycles. The minimum atomic E-state index is -0.588. The summed E-state index contributed by atoms with van der Waals surface area (Å²) in [6, 6.07) is 8.66. The molecule has 32 heavy (non-hydrogen) atoms. The topological polar surface area (TPSA) is 90.5 Å². The highest BCUT2D eigenvalue weighted by atomic mass is 16.2. The van der Waals surface area contributed by atoms with Crippen LogP contribution in [0.15, 0.2) is 30.3 Å². The van der Waals surface area contributed by atoms with E-state index in [1.165, 1.54) is 0 Å². The monoisotopic (exact) mass is 442 g/mol. The molecule has 7 heteroatoms. The van der Waals surface area contributed by atoms with Crippen LogP contribution in [0.5, 0.6) is 0 Å². The molecule has 0 radical (unpaired) electrons. The molecule has 1 saturated heterocycles. The third kappa shape index (κ3) is 4.82. The van der Waals surface area contributed by atoms with Gasteiger partial charge in [0.25, 0.3) is 0 Å². The van der Waals surface area contributed by atoms with Crippen molar-refractivity contribution in [2.75, 3.05) is 13.6 Å². The van der Waals surface area contributed by atoms with E-state index in [0.29, 0.717) is 18.9 Å². The molecular formula is C25H38N4O3. The number of benzene rings is 1. The van der Waals surface area contributed by atoms with Crippen LogP contribution >= 0.6 is 0 Å². The molecule has 1 aliphatic carbocycles. The molecule has 5 atom stereocenters. The Morgan fingerprint density at radius 3 is 2.41 bits per heavy atom. The lowest BCUT2D eigenvalue weighted by atomic mass is 9.86. The zero-order chi connectivity index (χ0) is 23.5. The zero-order valence-corrected chi connectivity index (χ0v) is 20.0. The number of amides is 3. The summed E-state index contributed by atoms with van der Waals surface area (Å²) in [6.07, 6.45) is 3.12. The van der Waals surface area contributed by atoms with E-state index in [1.54, 1.807) is 14.0 Å². The molecule has 7 nitrogen and oxygen atoms in total. The predicted octanol–water partition coefficient (Wildman–Crippen LogP) is 1.86. The summed E-state index contributed by atoms with van der Waals surface area (Å²) in [6.45, 7) is 8.46. The minimum Gasteiger partial charge on any atom is -0.351 e. The van der Waals surface area contributed by atoms with E-state index in [0.717, 1.165) is 24.8 Å². The number of carbonyl (C=O) groups excluding carboxylic acids is 3. The lowest BCUT2D eigenvalue weighted by Gasteiger charge is -2.42. The first-order valence-electron chi connectivity index (χ1n) is 11.8. The maximum absolute atomic E-state index is 13.7. The van der Waals surface area contributed by atoms with Crippen molar-refractivity contribution < 1.29 is 14.4 Å². The molecule has 176 valence electrons. The van der Waals surface area contributed by atoms with Crippen LogP contribution in [-0.4, -0.2) is 59.9 Å². The SMILES string of the molecule is CN[C@@H](C)C(=O)N[C@H](C(=O)N1CCC2CCC(NC(=O)Cc3ccccc3)C21C)C(C)C. The Bertz CT molecular complexity index is 828. The second kappa shape index (κ2) is 10.0. The Kier molecular flexibility index (Phi) is 7.59. The molecule has 3 rings (SSSR count). The van der Waals surface area contributed by atoms with Crippen molar-refractivity contribution in [1.29, 1.82) is 0 Å². The van der Waals surface area contributed by atoms with Crippen LogP contribution in [0, 0.1) is 11.8 Å². The van der Waals surface area contributed by atoms with Gasteiger partial charge in [0.15, 0.2) is 0 Å². The average Bonchev–Trinajstić information content (AvgIpc) is 3.26. The fraction of sp³-hybridized carbons (Fsp3) is 0.640. The highest BCUT2D eigenvalue weighted by molar-refractivity contribution is 5.90. The summed E-state index contributed by atoms with van der Waals surface area (Å²) in [5.41, 5.74) is 0.543. The molecule has 1 aromatic carbocycles. The maximum Gasteiger partial charge on any atom is 0.245 e. The summed E-state index contributed by atoms with van der Waals surface area (Å²) < 4.78 is 0. The van der Waals surface area contributed by atoms with Crippen molar-refractivity contribution >= 4 is 17.7 Å². The number of likely N-dealkylation sites (N-methyl/N-ethyl adjacent to an activating group) is 1. The molecule has 2 aliphatic rings. The normalized spacial score (nSPS) is 26.5. The maximum atomic E-state index is 13.7. The van der Waals surface area contributed by atoms with Gasteiger partial charge in [-0.3, -0.25) is 14.4 Å². The lowest BCUT2D eigenvalue weighted by molar-refractivity contribution is -0.142. The average molecular weight is 443 g/mol. The highest BCUT2D eigenvalue weighted by Gasteiger charge is 2.57. The smallest absolute Gasteiger partial charge is 0.245 e. The summed E-state index contributed by atoms with van der Waals surface area (Å²) in [5.74, 6) is 0.0725. The van der Waals surface area contributed by atoms with Crippen LogP contribution in [0.25, 0.3) is 0 Å². The van der Waals surface area contributed by atoms with Gasteiger partial charge in [0.05, 0.1) is 24.0 Å². The van der Waals surface area contributed by atoms with Gasteiger partial charge in [0, 0.05) is 6.54 Å². The molecule has 1 heterocycles. The first kappa shape index (κ1) is 24.2. The van der Waals surface area contributed by atoms with E-state index in [1.807, 2.05) is 49.1 Å². The standard InChI is InChI=1S/C25H38N4O3/c1-16(2)22(28-23(31)17(3)26-5)24(32)29-14-13-19-11-12-20(25(19,29)4)27-21(30)15-18-9-7-6-8-10-18/h6-10,16-17,19-20,22,26H,11-15H2,1-5H3,(H,27,30)(H,28,31)/t17-,19?,20?,22-,25?/m0/s1. The second-order valence-electron chi connectivity index (χ2n) is 9.80. The molecule has 3 N–H and O–H groups in total. The lowest BCUT2D eigenvalue weighted by Crippen LogP contribution is -2.63. The number of hydrogen-bond acceptors (Lipinski definition) is 4. The number of likely N-dealkylation sites (tertiary alicyclic amines) is 1. The van der Waals surface area contributed by atoms with E-state index in [4.69, 9.17) is 0 Å². The first-order valence-corrected chi connectivity index (χ1v) is 11.8. The van der Waals surface area contributed by atoms with E-state index in [-0.39, 0.29) is 35.7 Å². The Morgan fingerprint density at radius 1 is 1.09 bits per heavy atom. The van der Waals surface area contributed by atoms with Crippen LogP contribution < -0.4 is 16.0 Å². The van der Waals surface area contributed by atoms with E-state index >= 15 is 0 Å². The molecule has 2 fully saturated rings. The Morgan fingerprint density at radius 2 is 1.78 bits per heavy atom. The zero-order valence-electron chi connectivity index (χ0n) is 20.0. The minimum absolute atomic E-state index is 0.0149. The molecule has 3 unspecified atom stereocenters. The number of fused-ring (bicyclic) bond motifs is 1. The van der Waals surface area contributed by atoms with Crippen molar-refractivity contribution in [2.45, 2.75) is 77.0 Å². The summed E-state index contributed by atoms with van der Waals surface area (Å²) >= 11 is 0. The number of nitrogens with zero attached hydrogens (tertiary/aromatic N) is 1. The highest BCUT2D eigenvalue weighted by Crippen LogP contribution is 2.47. The van der Waals surface area contributed by atoms with Gasteiger partial charge >= 0.3 is 0 Å². The second-order valence-corrected chi connectivity index (χ2v) is 9.80. The molecule has 0 spiro atoms. The van der Waals surface area contributed by atoms with Gasteiger partial charge in [-0.2, -0.15) is 0 Å². The van der Waals surface area contributed by atoms with E-state index < -0.39 is 11.6 Å². The van der Waals surface area contributed by atoms with Gasteiger partial charge in [0.1, 0.15) is 6.04 Å². The molecule has 0 aromatic heterocycles. The van der Waals surface area contributed by atoms with Crippen LogP contribution in [0.1, 0.15) is 52.5 Å². The van der Waals surface area contributed by atoms with Crippen molar-refractivity contribution in [3.8, 4) is 0 Å². The summed E-state index contributed by atoms with van der Waals surface area (Å²) in [4.78, 5) is 40.9. The Balaban J connectivity index is 1.74. The van der Waals surface area contributed by atoms with Crippen LogP contribution in [-0.2, 0) is 20.8 Å². The molecule has 1 aromatic rings. The Labute approximate surface area is 191 Å². The number of carbonyl (C=O) groups is 3. The fourth-order valence-electron chi connectivity index (χ4n) is 5.29. The van der Waals surface area contributed by atoms with Gasteiger partial charge in [-0.25, -0.2) is 0 Å². The third-order valence-electron chi connectivity index (χ3n) is 7.48. The van der Waals surface area contributed by atoms with Crippen molar-refractivity contribution in [1.82, 2.24) is 20.9 Å². The molecule has 0 bridgehead atoms. The first-order chi connectivity index (χ1) is 15.2. The summed E-state index contributed by atoms with van der Waals surface area (Å²) in [7, 11) is 1.73.